The molecule has 0 fully saturated rings. The number of anilines is 1. The lowest BCUT2D eigenvalue weighted by Gasteiger charge is -2.07. The Balaban J connectivity index is 1.77. The number of rotatable bonds is 6. The van der Waals surface area contributed by atoms with Crippen molar-refractivity contribution in [1.82, 2.24) is 9.36 Å². The maximum absolute atomic E-state index is 12.9. The zero-order valence-electron chi connectivity index (χ0n) is 15.8. The number of hydrogen-bond acceptors (Lipinski definition) is 6. The van der Waals surface area contributed by atoms with Gasteiger partial charge in [0.25, 0.3) is 5.91 Å². The molecule has 0 radical (unpaired) electrons. The molecule has 0 aliphatic rings. The van der Waals surface area contributed by atoms with Gasteiger partial charge in [0.2, 0.25) is 5.13 Å². The average molecular weight is 425 g/mol. The highest BCUT2D eigenvalue weighted by atomic mass is 32.1. The van der Waals surface area contributed by atoms with Gasteiger partial charge in [0.15, 0.2) is 0 Å². The van der Waals surface area contributed by atoms with Gasteiger partial charge in [-0.3, -0.25) is 10.1 Å². The van der Waals surface area contributed by atoms with Gasteiger partial charge >= 0.3 is 6.18 Å². The minimum Gasteiger partial charge on any atom is -0.461 e. The van der Waals surface area contributed by atoms with E-state index in [1.807, 2.05) is 6.92 Å². The van der Waals surface area contributed by atoms with Crippen molar-refractivity contribution in [3.63, 3.8) is 0 Å². The number of amides is 1. The maximum atomic E-state index is 12.9. The number of aromatic nitrogens is 2. The number of aryl methyl sites for hydroxylation is 1. The summed E-state index contributed by atoms with van der Waals surface area (Å²) in [5.74, 6) is 0.526. The van der Waals surface area contributed by atoms with Gasteiger partial charge in [-0.05, 0) is 32.0 Å². The minimum atomic E-state index is -4.46. The van der Waals surface area contributed by atoms with Crippen LogP contribution in [-0.2, 0) is 17.3 Å². The normalized spacial score (nSPS) is 12.8. The van der Waals surface area contributed by atoms with Crippen molar-refractivity contribution >= 4 is 22.6 Å². The Morgan fingerprint density at radius 3 is 2.79 bits per heavy atom. The van der Waals surface area contributed by atoms with Crippen LogP contribution in [0.1, 0.15) is 34.4 Å². The van der Waals surface area contributed by atoms with E-state index in [2.05, 4.69) is 14.7 Å². The molecule has 10 heteroatoms. The highest BCUT2D eigenvalue weighted by Gasteiger charge is 2.31. The van der Waals surface area contributed by atoms with Crippen LogP contribution in [0.5, 0.6) is 0 Å². The third-order valence-corrected chi connectivity index (χ3v) is 4.87. The maximum Gasteiger partial charge on any atom is 0.416 e. The summed E-state index contributed by atoms with van der Waals surface area (Å²) in [7, 11) is 1.59. The van der Waals surface area contributed by atoms with Crippen LogP contribution in [0.3, 0.4) is 0 Å². The van der Waals surface area contributed by atoms with Gasteiger partial charge in [0.1, 0.15) is 17.3 Å². The Bertz CT molecular complexity index is 1010. The molecule has 0 spiro atoms. The molecular formula is C19H18F3N3O3S. The van der Waals surface area contributed by atoms with Crippen molar-refractivity contribution in [1.29, 1.82) is 0 Å². The fraction of sp³-hybridized carbons (Fsp3) is 0.316. The van der Waals surface area contributed by atoms with E-state index in [0.29, 0.717) is 17.4 Å². The lowest BCUT2D eigenvalue weighted by atomic mass is 10.1. The zero-order chi connectivity index (χ0) is 21.2. The molecule has 29 heavy (non-hydrogen) atoms. The number of hydrogen-bond donors (Lipinski definition) is 1. The van der Waals surface area contributed by atoms with E-state index in [0.717, 1.165) is 23.7 Å². The first-order valence-electron chi connectivity index (χ1n) is 8.62. The Kier molecular flexibility index (Phi) is 6.04. The van der Waals surface area contributed by atoms with E-state index in [1.54, 1.807) is 14.0 Å². The van der Waals surface area contributed by atoms with E-state index in [9.17, 15) is 18.0 Å². The number of ether oxygens (including phenoxy) is 1. The summed E-state index contributed by atoms with van der Waals surface area (Å²) in [6.45, 7) is 3.45. The molecule has 1 aromatic carbocycles. The topological polar surface area (TPSA) is 77.2 Å². The van der Waals surface area contributed by atoms with Gasteiger partial charge in [-0.1, -0.05) is 12.1 Å². The van der Waals surface area contributed by atoms with Crippen LogP contribution in [0, 0.1) is 6.92 Å². The third kappa shape index (κ3) is 5.01. The second kappa shape index (κ2) is 8.34. The van der Waals surface area contributed by atoms with Gasteiger partial charge in [-0.2, -0.15) is 17.5 Å². The molecule has 0 saturated heterocycles. The van der Waals surface area contributed by atoms with E-state index in [1.165, 1.54) is 18.2 Å². The van der Waals surface area contributed by atoms with Crippen molar-refractivity contribution in [2.24, 2.45) is 0 Å². The second-order valence-corrected chi connectivity index (χ2v) is 7.13. The quantitative estimate of drug-likeness (QED) is 0.604. The molecule has 0 saturated carbocycles. The molecule has 0 aliphatic carbocycles. The van der Waals surface area contributed by atoms with Crippen molar-refractivity contribution < 1.29 is 27.1 Å². The van der Waals surface area contributed by atoms with Gasteiger partial charge in [-0.15, -0.1) is 0 Å². The summed E-state index contributed by atoms with van der Waals surface area (Å²) in [6.07, 6.45) is -4.01. The van der Waals surface area contributed by atoms with Crippen LogP contribution >= 0.6 is 11.5 Å². The van der Waals surface area contributed by atoms with Crippen LogP contribution in [0.4, 0.5) is 18.3 Å². The first kappa shape index (κ1) is 21.0. The predicted molar refractivity (Wildman–Crippen MR) is 102 cm³/mol. The molecule has 1 atom stereocenters. The molecule has 3 aromatic rings. The van der Waals surface area contributed by atoms with Gasteiger partial charge < -0.3 is 9.15 Å². The van der Waals surface area contributed by atoms with Crippen LogP contribution < -0.4 is 5.32 Å². The number of halogens is 3. The molecule has 1 unspecified atom stereocenters. The SMILES string of the molecule is COC(C)Cc1nsc(NC(=O)c2cc(-c3cccc(C(F)(F)F)c3)oc2C)n1. The Morgan fingerprint density at radius 1 is 1.34 bits per heavy atom. The lowest BCUT2D eigenvalue weighted by molar-refractivity contribution is -0.137. The summed E-state index contributed by atoms with van der Waals surface area (Å²) in [5, 5.41) is 2.95. The highest BCUT2D eigenvalue weighted by molar-refractivity contribution is 7.09. The molecule has 6 nitrogen and oxygen atoms in total. The molecule has 1 amide bonds. The van der Waals surface area contributed by atoms with E-state index >= 15 is 0 Å². The summed E-state index contributed by atoms with van der Waals surface area (Å²) < 4.78 is 53.6. The van der Waals surface area contributed by atoms with Crippen LogP contribution in [0.25, 0.3) is 11.3 Å². The third-order valence-electron chi connectivity index (χ3n) is 4.20. The average Bonchev–Trinajstić information content (AvgIpc) is 3.27. The summed E-state index contributed by atoms with van der Waals surface area (Å²) >= 11 is 1.03. The molecule has 2 aromatic heterocycles. The summed E-state index contributed by atoms with van der Waals surface area (Å²) in [5.41, 5.74) is -0.352. The number of benzene rings is 1. The Hall–Kier alpha value is -2.72. The number of carbonyl (C=O) groups is 1. The molecule has 2 heterocycles. The first-order chi connectivity index (χ1) is 13.7. The molecular weight excluding hydrogens is 407 g/mol. The van der Waals surface area contributed by atoms with Crippen molar-refractivity contribution in [3.8, 4) is 11.3 Å². The molecule has 3 rings (SSSR count). The van der Waals surface area contributed by atoms with E-state index < -0.39 is 17.6 Å². The summed E-state index contributed by atoms with van der Waals surface area (Å²) in [4.78, 5) is 16.8. The van der Waals surface area contributed by atoms with Crippen LogP contribution in [0.2, 0.25) is 0 Å². The fourth-order valence-electron chi connectivity index (χ4n) is 2.59. The van der Waals surface area contributed by atoms with Gasteiger partial charge in [0, 0.05) is 30.6 Å². The van der Waals surface area contributed by atoms with E-state index in [4.69, 9.17) is 9.15 Å². The van der Waals surface area contributed by atoms with Crippen molar-refractivity contribution in [3.05, 3.63) is 53.0 Å². The van der Waals surface area contributed by atoms with Gasteiger partial charge in [-0.25, -0.2) is 4.98 Å². The molecule has 154 valence electrons. The van der Waals surface area contributed by atoms with Crippen molar-refractivity contribution in [2.45, 2.75) is 32.5 Å². The lowest BCUT2D eigenvalue weighted by Crippen LogP contribution is -2.13. The smallest absolute Gasteiger partial charge is 0.416 e. The number of nitrogens with one attached hydrogen (secondary N) is 1. The predicted octanol–water partition coefficient (Wildman–Crippen LogP) is 4.96. The number of nitrogens with zero attached hydrogens (tertiary/aromatic N) is 2. The van der Waals surface area contributed by atoms with Crippen LogP contribution in [0.15, 0.2) is 34.7 Å². The number of furan rings is 1. The zero-order valence-corrected chi connectivity index (χ0v) is 16.6. The molecule has 1 N–H and O–H groups in total. The number of carbonyl (C=O) groups excluding carboxylic acids is 1. The second-order valence-electron chi connectivity index (χ2n) is 6.38. The molecule has 0 bridgehead atoms. The Labute approximate surface area is 168 Å². The fourth-order valence-corrected chi connectivity index (χ4v) is 3.18. The number of alkyl halides is 3. The van der Waals surface area contributed by atoms with Crippen LogP contribution in [-0.4, -0.2) is 28.5 Å². The number of methoxy groups -OCH3 is 1. The highest BCUT2D eigenvalue weighted by Crippen LogP contribution is 2.33. The minimum absolute atomic E-state index is 0.0562. The monoisotopic (exact) mass is 425 g/mol. The first-order valence-corrected chi connectivity index (χ1v) is 9.39. The molecule has 0 aliphatic heterocycles. The largest absolute Gasteiger partial charge is 0.461 e. The summed E-state index contributed by atoms with van der Waals surface area (Å²) in [6, 6.07) is 6.15. The standard InChI is InChI=1S/C19H18F3N3O3S/c1-10(27-3)7-16-23-18(29-25-16)24-17(26)14-9-15(28-11(14)2)12-5-4-6-13(8-12)19(20,21)22/h4-6,8-10H,7H2,1-3H3,(H,23,24,25,26). The Morgan fingerprint density at radius 2 is 2.10 bits per heavy atom. The van der Waals surface area contributed by atoms with E-state index in [-0.39, 0.29) is 28.8 Å². The van der Waals surface area contributed by atoms with Crippen molar-refractivity contribution in [2.75, 3.05) is 12.4 Å². The van der Waals surface area contributed by atoms with Gasteiger partial charge in [0.05, 0.1) is 17.2 Å².